The smallest absolute Gasteiger partial charge is 0.157 e. The summed E-state index contributed by atoms with van der Waals surface area (Å²) in [6.45, 7) is 0.458. The van der Waals surface area contributed by atoms with E-state index in [9.17, 15) is 0 Å². The van der Waals surface area contributed by atoms with Crippen LogP contribution in [0.3, 0.4) is 0 Å². The molecule has 2 N–H and O–H groups in total. The lowest BCUT2D eigenvalue weighted by molar-refractivity contribution is 0.672. The standard InChI is InChI=1S/C47H35N3O/c48-46(33-13-3-1-4-14-33)50-47(34-15-5-2-6-16-34)49-30-37-27-35-17-7-8-18-36(35)28-41(37)31-23-25-32(26-24-31)42-29-43-39-20-11-12-22-44(39)51-45(43)40-21-10-9-19-38(40)42/h1-25,27-29,32H,26,30H2,(H2,48,49,50). The second kappa shape index (κ2) is 13.1. The van der Waals surface area contributed by atoms with Gasteiger partial charge in [0.2, 0.25) is 0 Å². The summed E-state index contributed by atoms with van der Waals surface area (Å²) < 4.78 is 6.39. The van der Waals surface area contributed by atoms with E-state index in [1.54, 1.807) is 0 Å². The Balaban J connectivity index is 1.10. The van der Waals surface area contributed by atoms with Crippen molar-refractivity contribution in [1.29, 1.82) is 0 Å². The van der Waals surface area contributed by atoms with Gasteiger partial charge in [-0.2, -0.15) is 0 Å². The van der Waals surface area contributed by atoms with Gasteiger partial charge in [-0.15, -0.1) is 0 Å². The molecule has 0 radical (unpaired) electrons. The van der Waals surface area contributed by atoms with Gasteiger partial charge in [-0.3, -0.25) is 4.99 Å². The molecule has 0 bridgehead atoms. The Bertz CT molecular complexity index is 2700. The molecule has 1 heterocycles. The Morgan fingerprint density at radius 3 is 2.04 bits per heavy atom. The minimum absolute atomic E-state index is 0.235. The zero-order chi connectivity index (χ0) is 34.1. The minimum atomic E-state index is 0.235. The molecule has 0 fully saturated rings. The topological polar surface area (TPSA) is 63.9 Å². The van der Waals surface area contributed by atoms with Crippen LogP contribution in [0.2, 0.25) is 0 Å². The molecule has 4 heteroatoms. The van der Waals surface area contributed by atoms with Gasteiger partial charge in [0.25, 0.3) is 0 Å². The molecule has 51 heavy (non-hydrogen) atoms. The van der Waals surface area contributed by atoms with Crippen molar-refractivity contribution in [2.75, 3.05) is 0 Å². The van der Waals surface area contributed by atoms with Crippen molar-refractivity contribution >= 4 is 60.7 Å². The second-order valence-corrected chi connectivity index (χ2v) is 13.1. The van der Waals surface area contributed by atoms with Crippen LogP contribution in [0, 0.1) is 0 Å². The molecule has 0 saturated carbocycles. The second-order valence-electron chi connectivity index (χ2n) is 13.1. The van der Waals surface area contributed by atoms with E-state index in [2.05, 4.69) is 103 Å². The summed E-state index contributed by atoms with van der Waals surface area (Å²) in [5.41, 5.74) is 15.0. The summed E-state index contributed by atoms with van der Waals surface area (Å²) >= 11 is 0. The third kappa shape index (κ3) is 5.81. The molecule has 0 saturated heterocycles. The van der Waals surface area contributed by atoms with Gasteiger partial charge in [-0.05, 0) is 69.1 Å². The molecule has 9 rings (SSSR count). The maximum atomic E-state index is 6.52. The Morgan fingerprint density at radius 2 is 1.29 bits per heavy atom. The van der Waals surface area contributed by atoms with Crippen molar-refractivity contribution < 1.29 is 4.42 Å². The monoisotopic (exact) mass is 657 g/mol. The number of para-hydroxylation sites is 1. The molecule has 4 nitrogen and oxygen atoms in total. The highest BCUT2D eigenvalue weighted by Crippen LogP contribution is 2.41. The highest BCUT2D eigenvalue weighted by atomic mass is 16.3. The van der Waals surface area contributed by atoms with Crippen LogP contribution in [-0.2, 0) is 6.54 Å². The number of nitrogens with two attached hydrogens (primary N) is 1. The Hall–Kier alpha value is -6.52. The molecule has 1 aliphatic carbocycles. The number of hydrogen-bond donors (Lipinski definition) is 1. The molecule has 1 unspecified atom stereocenters. The van der Waals surface area contributed by atoms with Gasteiger partial charge >= 0.3 is 0 Å². The maximum Gasteiger partial charge on any atom is 0.157 e. The molecule has 1 aliphatic rings. The lowest BCUT2D eigenvalue weighted by Crippen LogP contribution is -2.16. The first-order valence-electron chi connectivity index (χ1n) is 17.4. The Morgan fingerprint density at radius 1 is 0.647 bits per heavy atom. The molecule has 7 aromatic carbocycles. The average molecular weight is 658 g/mol. The first-order valence-corrected chi connectivity index (χ1v) is 17.4. The van der Waals surface area contributed by atoms with Crippen LogP contribution in [0.15, 0.2) is 184 Å². The molecule has 0 spiro atoms. The minimum Gasteiger partial charge on any atom is -0.455 e. The lowest BCUT2D eigenvalue weighted by atomic mass is 9.84. The number of aliphatic imine (C=N–C) groups is 2. The van der Waals surface area contributed by atoms with Crippen molar-refractivity contribution in [3.63, 3.8) is 0 Å². The number of nitrogens with zero attached hydrogens (tertiary/aromatic N) is 2. The normalized spacial score (nSPS) is 15.2. The molecule has 1 aromatic heterocycles. The molecule has 8 aromatic rings. The summed E-state index contributed by atoms with van der Waals surface area (Å²) in [4.78, 5) is 9.98. The fraction of sp³-hybridized carbons (Fsp3) is 0.0638. The highest BCUT2D eigenvalue weighted by Gasteiger charge is 2.20. The van der Waals surface area contributed by atoms with Crippen molar-refractivity contribution in [2.45, 2.75) is 18.9 Å². The maximum absolute atomic E-state index is 6.52. The van der Waals surface area contributed by atoms with Crippen LogP contribution in [-0.4, -0.2) is 11.7 Å². The summed E-state index contributed by atoms with van der Waals surface area (Å²) in [5, 5.41) is 7.10. The van der Waals surface area contributed by atoms with Gasteiger partial charge in [0.1, 0.15) is 17.0 Å². The number of benzene rings is 7. The number of amidine groups is 2. The van der Waals surface area contributed by atoms with E-state index in [0.29, 0.717) is 18.2 Å². The van der Waals surface area contributed by atoms with Crippen molar-refractivity contribution in [3.8, 4) is 0 Å². The molecule has 0 aliphatic heterocycles. The number of rotatable bonds is 6. The van der Waals surface area contributed by atoms with Crippen molar-refractivity contribution in [3.05, 3.63) is 198 Å². The number of furan rings is 1. The summed E-state index contributed by atoms with van der Waals surface area (Å²) in [6.07, 6.45) is 7.94. The van der Waals surface area contributed by atoms with Crippen LogP contribution < -0.4 is 5.73 Å². The van der Waals surface area contributed by atoms with Crippen LogP contribution in [0.1, 0.15) is 40.2 Å². The number of hydrogen-bond acceptors (Lipinski definition) is 2. The van der Waals surface area contributed by atoms with E-state index in [1.165, 1.54) is 38.2 Å². The largest absolute Gasteiger partial charge is 0.455 e. The predicted octanol–water partition coefficient (Wildman–Crippen LogP) is 11.4. The quantitative estimate of drug-likeness (QED) is 0.143. The Kier molecular flexibility index (Phi) is 7.82. The van der Waals surface area contributed by atoms with Crippen LogP contribution in [0.4, 0.5) is 0 Å². The van der Waals surface area contributed by atoms with Crippen molar-refractivity contribution in [1.82, 2.24) is 0 Å². The van der Waals surface area contributed by atoms with Crippen molar-refractivity contribution in [2.24, 2.45) is 15.7 Å². The highest BCUT2D eigenvalue weighted by molar-refractivity contribution is 6.16. The molecular weight excluding hydrogens is 623 g/mol. The summed E-state index contributed by atoms with van der Waals surface area (Å²) in [7, 11) is 0. The van der Waals surface area contributed by atoms with Crippen LogP contribution in [0.25, 0.3) is 49.1 Å². The van der Waals surface area contributed by atoms with Gasteiger partial charge in [-0.1, -0.05) is 146 Å². The van der Waals surface area contributed by atoms with E-state index in [-0.39, 0.29) is 5.92 Å². The summed E-state index contributed by atoms with van der Waals surface area (Å²) in [5.74, 6) is 1.28. The van der Waals surface area contributed by atoms with Gasteiger partial charge in [-0.25, -0.2) is 4.99 Å². The molecule has 244 valence electrons. The lowest BCUT2D eigenvalue weighted by Gasteiger charge is -2.20. The number of allylic oxidation sites excluding steroid dienone is 4. The summed E-state index contributed by atoms with van der Waals surface area (Å²) in [6, 6.07) is 52.3. The van der Waals surface area contributed by atoms with E-state index in [4.69, 9.17) is 20.1 Å². The first kappa shape index (κ1) is 30.5. The SMILES string of the molecule is NC(=NC(=NCc1cc2ccccc2cc1C1=CCC(c2cc3c4ccccc4oc3c3ccccc23)C=C1)c1ccccc1)c1ccccc1. The van der Waals surface area contributed by atoms with Gasteiger partial charge in [0, 0.05) is 33.2 Å². The van der Waals surface area contributed by atoms with Gasteiger partial charge < -0.3 is 10.2 Å². The first-order chi connectivity index (χ1) is 25.2. The van der Waals surface area contributed by atoms with E-state index < -0.39 is 0 Å². The van der Waals surface area contributed by atoms with Gasteiger partial charge in [0.15, 0.2) is 5.84 Å². The van der Waals surface area contributed by atoms with E-state index in [1.807, 2.05) is 66.7 Å². The molecule has 0 amide bonds. The molecular formula is C47H35N3O. The zero-order valence-corrected chi connectivity index (χ0v) is 28.0. The van der Waals surface area contributed by atoms with E-state index >= 15 is 0 Å². The fourth-order valence-electron chi connectivity index (χ4n) is 7.35. The van der Waals surface area contributed by atoms with Crippen LogP contribution in [0.5, 0.6) is 0 Å². The average Bonchev–Trinajstić information content (AvgIpc) is 3.58. The van der Waals surface area contributed by atoms with Gasteiger partial charge in [0.05, 0.1) is 6.54 Å². The molecule has 1 atom stereocenters. The zero-order valence-electron chi connectivity index (χ0n) is 28.0. The number of fused-ring (bicyclic) bond motifs is 6. The third-order valence-corrected chi connectivity index (χ3v) is 9.93. The predicted molar refractivity (Wildman–Crippen MR) is 213 cm³/mol. The fourth-order valence-corrected chi connectivity index (χ4v) is 7.35. The third-order valence-electron chi connectivity index (χ3n) is 9.93. The van der Waals surface area contributed by atoms with E-state index in [0.717, 1.165) is 45.0 Å². The Labute approximate surface area is 296 Å². The van der Waals surface area contributed by atoms with Crippen LogP contribution >= 0.6 is 0 Å².